The minimum atomic E-state index is 0.469. The van der Waals surface area contributed by atoms with E-state index in [1.165, 1.54) is 24.8 Å². The van der Waals surface area contributed by atoms with Gasteiger partial charge >= 0.3 is 0 Å². The van der Waals surface area contributed by atoms with Crippen LogP contribution in [-0.2, 0) is 6.54 Å². The van der Waals surface area contributed by atoms with E-state index in [1.54, 1.807) is 7.11 Å². The number of hydrogen-bond donors (Lipinski definition) is 0. The van der Waals surface area contributed by atoms with Crippen LogP contribution in [0.25, 0.3) is 0 Å². The maximum atomic E-state index is 9.02. The molecule has 3 heteroatoms. The molecule has 1 aromatic carbocycles. The molecule has 1 aliphatic heterocycles. The van der Waals surface area contributed by atoms with E-state index >= 15 is 0 Å². The van der Waals surface area contributed by atoms with Gasteiger partial charge in [0.25, 0.3) is 0 Å². The number of methoxy groups -OCH3 is 1. The van der Waals surface area contributed by atoms with Crippen molar-refractivity contribution in [2.24, 2.45) is 5.41 Å². The van der Waals surface area contributed by atoms with Gasteiger partial charge in [0.1, 0.15) is 11.8 Å². The minimum absolute atomic E-state index is 0.469. The van der Waals surface area contributed by atoms with Gasteiger partial charge in [-0.15, -0.1) is 0 Å². The van der Waals surface area contributed by atoms with Gasteiger partial charge in [-0.3, -0.25) is 4.90 Å². The maximum Gasteiger partial charge on any atom is 0.136 e. The fourth-order valence-corrected chi connectivity index (χ4v) is 2.82. The van der Waals surface area contributed by atoms with E-state index in [1.807, 2.05) is 18.2 Å². The van der Waals surface area contributed by atoms with Crippen LogP contribution >= 0.6 is 0 Å². The summed E-state index contributed by atoms with van der Waals surface area (Å²) in [4.78, 5) is 2.51. The van der Waals surface area contributed by atoms with Gasteiger partial charge in [-0.2, -0.15) is 5.26 Å². The molecule has 108 valence electrons. The molecule has 0 radical (unpaired) electrons. The number of nitrogens with zero attached hydrogens (tertiary/aromatic N) is 2. The zero-order valence-corrected chi connectivity index (χ0v) is 12.8. The second kappa shape index (κ2) is 6.28. The maximum absolute atomic E-state index is 9.02. The third kappa shape index (κ3) is 3.74. The van der Waals surface area contributed by atoms with Crippen LogP contribution in [0.3, 0.4) is 0 Å². The zero-order valence-electron chi connectivity index (χ0n) is 12.8. The van der Waals surface area contributed by atoms with Crippen LogP contribution in [0.1, 0.15) is 44.2 Å². The minimum Gasteiger partial charge on any atom is -0.495 e. The Morgan fingerprint density at radius 1 is 1.30 bits per heavy atom. The smallest absolute Gasteiger partial charge is 0.136 e. The Bertz CT molecular complexity index is 502. The second-order valence-corrected chi connectivity index (χ2v) is 6.44. The van der Waals surface area contributed by atoms with Crippen molar-refractivity contribution in [2.75, 3.05) is 20.2 Å². The summed E-state index contributed by atoms with van der Waals surface area (Å²) >= 11 is 0. The van der Waals surface area contributed by atoms with Crippen LogP contribution in [0.5, 0.6) is 5.75 Å². The summed E-state index contributed by atoms with van der Waals surface area (Å²) in [5.41, 5.74) is 2.30. The summed E-state index contributed by atoms with van der Waals surface area (Å²) in [7, 11) is 1.62. The molecule has 0 N–H and O–H groups in total. The first-order valence-electron chi connectivity index (χ1n) is 7.33. The predicted molar refractivity (Wildman–Crippen MR) is 80.6 cm³/mol. The molecule has 0 aromatic heterocycles. The Labute approximate surface area is 122 Å². The average Bonchev–Trinajstić information content (AvgIpc) is 2.60. The van der Waals surface area contributed by atoms with E-state index in [9.17, 15) is 0 Å². The second-order valence-electron chi connectivity index (χ2n) is 6.44. The lowest BCUT2D eigenvalue weighted by Gasteiger charge is -2.23. The zero-order chi connectivity index (χ0) is 14.6. The van der Waals surface area contributed by atoms with Crippen molar-refractivity contribution in [3.8, 4) is 11.8 Å². The van der Waals surface area contributed by atoms with Crippen molar-refractivity contribution in [2.45, 2.75) is 39.7 Å². The van der Waals surface area contributed by atoms with Crippen molar-refractivity contribution in [3.63, 3.8) is 0 Å². The molecule has 0 saturated carbocycles. The third-order valence-corrected chi connectivity index (χ3v) is 4.23. The van der Waals surface area contributed by atoms with Crippen LogP contribution in [0.15, 0.2) is 18.2 Å². The molecule has 0 bridgehead atoms. The first-order chi connectivity index (χ1) is 9.54. The van der Waals surface area contributed by atoms with E-state index < -0.39 is 0 Å². The highest BCUT2D eigenvalue weighted by atomic mass is 16.5. The van der Waals surface area contributed by atoms with Gasteiger partial charge in [0, 0.05) is 6.54 Å². The lowest BCUT2D eigenvalue weighted by Crippen LogP contribution is -2.25. The quantitative estimate of drug-likeness (QED) is 0.844. The number of hydrogen-bond acceptors (Lipinski definition) is 3. The molecule has 1 aliphatic rings. The molecule has 20 heavy (non-hydrogen) atoms. The highest BCUT2D eigenvalue weighted by Gasteiger charge is 2.23. The highest BCUT2D eigenvalue weighted by molar-refractivity contribution is 5.45. The standard InChI is InChI=1S/C17H24N2O/c1-17(2)7-4-9-19(10-8-17)13-14-5-6-15(12-18)16(11-14)20-3/h5-6,11H,4,7-10,13H2,1-3H3. The van der Waals surface area contributed by atoms with Gasteiger partial charge in [0.05, 0.1) is 12.7 Å². The van der Waals surface area contributed by atoms with Crippen molar-refractivity contribution < 1.29 is 4.74 Å². The molecule has 0 unspecified atom stereocenters. The first kappa shape index (κ1) is 14.9. The number of rotatable bonds is 3. The van der Waals surface area contributed by atoms with E-state index in [0.29, 0.717) is 16.7 Å². The summed E-state index contributed by atoms with van der Waals surface area (Å²) in [5, 5.41) is 9.02. The van der Waals surface area contributed by atoms with Gasteiger partial charge < -0.3 is 4.74 Å². The van der Waals surface area contributed by atoms with E-state index in [2.05, 4.69) is 24.8 Å². The molecule has 1 saturated heterocycles. The number of likely N-dealkylation sites (tertiary alicyclic amines) is 1. The van der Waals surface area contributed by atoms with Crippen molar-refractivity contribution in [1.82, 2.24) is 4.90 Å². The summed E-state index contributed by atoms with van der Waals surface area (Å²) < 4.78 is 5.28. The molecule has 1 fully saturated rings. The average molecular weight is 272 g/mol. The van der Waals surface area contributed by atoms with Crippen LogP contribution in [0.4, 0.5) is 0 Å². The molecule has 0 spiro atoms. The number of ether oxygens (including phenoxy) is 1. The Morgan fingerprint density at radius 2 is 2.10 bits per heavy atom. The van der Waals surface area contributed by atoms with Crippen LogP contribution in [0.2, 0.25) is 0 Å². The molecule has 1 aromatic rings. The Kier molecular flexibility index (Phi) is 4.67. The molecule has 1 heterocycles. The fourth-order valence-electron chi connectivity index (χ4n) is 2.82. The highest BCUT2D eigenvalue weighted by Crippen LogP contribution is 2.30. The lowest BCUT2D eigenvalue weighted by molar-refractivity contribution is 0.255. The summed E-state index contributed by atoms with van der Waals surface area (Å²) in [6, 6.07) is 8.05. The summed E-state index contributed by atoms with van der Waals surface area (Å²) in [6.45, 7) is 7.97. The summed E-state index contributed by atoms with van der Waals surface area (Å²) in [5.74, 6) is 0.681. The van der Waals surface area contributed by atoms with Gasteiger partial charge in [-0.25, -0.2) is 0 Å². The Hall–Kier alpha value is -1.53. The third-order valence-electron chi connectivity index (χ3n) is 4.23. The largest absolute Gasteiger partial charge is 0.495 e. The van der Waals surface area contributed by atoms with Gasteiger partial charge in [-0.1, -0.05) is 19.9 Å². The van der Waals surface area contributed by atoms with E-state index in [-0.39, 0.29) is 0 Å². The van der Waals surface area contributed by atoms with Crippen LogP contribution in [-0.4, -0.2) is 25.1 Å². The molecule has 0 aliphatic carbocycles. The lowest BCUT2D eigenvalue weighted by atomic mass is 9.85. The summed E-state index contributed by atoms with van der Waals surface area (Å²) in [6.07, 6.45) is 3.82. The number of nitriles is 1. The molecule has 2 rings (SSSR count). The predicted octanol–water partition coefficient (Wildman–Crippen LogP) is 3.58. The van der Waals surface area contributed by atoms with E-state index in [0.717, 1.165) is 19.6 Å². The van der Waals surface area contributed by atoms with Gasteiger partial charge in [0.2, 0.25) is 0 Å². The SMILES string of the molecule is COc1cc(CN2CCCC(C)(C)CC2)ccc1C#N. The van der Waals surface area contributed by atoms with Crippen LogP contribution in [0, 0.1) is 16.7 Å². The van der Waals surface area contributed by atoms with Gasteiger partial charge in [-0.05, 0) is 55.5 Å². The first-order valence-corrected chi connectivity index (χ1v) is 7.33. The Balaban J connectivity index is 2.05. The molecule has 0 atom stereocenters. The topological polar surface area (TPSA) is 36.3 Å². The molecular weight excluding hydrogens is 248 g/mol. The Morgan fingerprint density at radius 3 is 2.80 bits per heavy atom. The van der Waals surface area contributed by atoms with E-state index in [4.69, 9.17) is 10.00 Å². The fraction of sp³-hybridized carbons (Fsp3) is 0.588. The molecule has 3 nitrogen and oxygen atoms in total. The van der Waals surface area contributed by atoms with Crippen molar-refractivity contribution in [1.29, 1.82) is 5.26 Å². The number of benzene rings is 1. The van der Waals surface area contributed by atoms with Crippen molar-refractivity contribution >= 4 is 0 Å². The molecular formula is C17H24N2O. The van der Waals surface area contributed by atoms with Crippen molar-refractivity contribution in [3.05, 3.63) is 29.3 Å². The van der Waals surface area contributed by atoms with Gasteiger partial charge in [0.15, 0.2) is 0 Å². The normalized spacial score (nSPS) is 19.1. The van der Waals surface area contributed by atoms with Crippen LogP contribution < -0.4 is 4.74 Å². The monoisotopic (exact) mass is 272 g/mol. The molecule has 0 amide bonds.